The Morgan fingerprint density at radius 1 is 1.46 bits per heavy atom. The lowest BCUT2D eigenvalue weighted by Crippen LogP contribution is -2.22. The first-order valence-electron chi connectivity index (χ1n) is 4.96. The lowest BCUT2D eigenvalue weighted by Gasteiger charge is -2.26. The molecule has 0 aromatic rings. The van der Waals surface area contributed by atoms with E-state index in [-0.39, 0.29) is 5.92 Å². The van der Waals surface area contributed by atoms with Crippen molar-refractivity contribution in [1.82, 2.24) is 0 Å². The van der Waals surface area contributed by atoms with E-state index < -0.39 is 12.1 Å². The minimum atomic E-state index is -0.744. The van der Waals surface area contributed by atoms with Gasteiger partial charge in [-0.1, -0.05) is 0 Å². The van der Waals surface area contributed by atoms with Crippen molar-refractivity contribution in [2.45, 2.75) is 45.2 Å². The highest BCUT2D eigenvalue weighted by molar-refractivity contribution is 5.69. The van der Waals surface area contributed by atoms with Crippen molar-refractivity contribution >= 4 is 5.97 Å². The quantitative estimate of drug-likeness (QED) is 0.739. The van der Waals surface area contributed by atoms with E-state index in [1.807, 2.05) is 0 Å². The zero-order valence-corrected chi connectivity index (χ0v) is 8.00. The first-order valence-corrected chi connectivity index (χ1v) is 4.96. The number of rotatable bonds is 3. The fourth-order valence-corrected chi connectivity index (χ4v) is 2.10. The maximum Gasteiger partial charge on any atom is 0.306 e. The number of halogens is 1. The van der Waals surface area contributed by atoms with Crippen LogP contribution in [-0.4, -0.2) is 17.2 Å². The third-order valence-corrected chi connectivity index (χ3v) is 2.85. The van der Waals surface area contributed by atoms with Crippen LogP contribution < -0.4 is 0 Å². The molecule has 1 atom stereocenters. The van der Waals surface area contributed by atoms with Gasteiger partial charge in [0.1, 0.15) is 0 Å². The molecule has 0 aromatic heterocycles. The van der Waals surface area contributed by atoms with Gasteiger partial charge in [0.2, 0.25) is 0 Å². The van der Waals surface area contributed by atoms with Gasteiger partial charge in [-0.25, -0.2) is 4.39 Å². The normalized spacial score (nSPS) is 31.2. The fraction of sp³-hybridized carbons (Fsp3) is 0.900. The summed E-state index contributed by atoms with van der Waals surface area (Å²) in [6.45, 7) is 1.57. The van der Waals surface area contributed by atoms with Crippen molar-refractivity contribution in [3.8, 4) is 0 Å². The van der Waals surface area contributed by atoms with Gasteiger partial charge in [0.15, 0.2) is 0 Å². The van der Waals surface area contributed by atoms with Crippen LogP contribution >= 0.6 is 0 Å². The highest BCUT2D eigenvalue weighted by Gasteiger charge is 2.26. The van der Waals surface area contributed by atoms with Gasteiger partial charge < -0.3 is 5.11 Å². The topological polar surface area (TPSA) is 37.3 Å². The van der Waals surface area contributed by atoms with E-state index in [0.29, 0.717) is 12.3 Å². The zero-order valence-electron chi connectivity index (χ0n) is 8.00. The predicted molar refractivity (Wildman–Crippen MR) is 48.3 cm³/mol. The van der Waals surface area contributed by atoms with Crippen molar-refractivity contribution in [2.75, 3.05) is 0 Å². The summed E-state index contributed by atoms with van der Waals surface area (Å²) in [5, 5.41) is 8.73. The highest BCUT2D eigenvalue weighted by atomic mass is 19.1. The number of carboxylic acid groups (broad SMARTS) is 1. The van der Waals surface area contributed by atoms with E-state index >= 15 is 0 Å². The molecule has 0 radical (unpaired) electrons. The highest BCUT2D eigenvalue weighted by Crippen LogP contribution is 2.31. The first-order chi connectivity index (χ1) is 6.09. The lowest BCUT2D eigenvalue weighted by atomic mass is 9.80. The third-order valence-electron chi connectivity index (χ3n) is 2.85. The summed E-state index contributed by atoms with van der Waals surface area (Å²) >= 11 is 0. The molecule has 1 fully saturated rings. The lowest BCUT2D eigenvalue weighted by molar-refractivity contribution is -0.143. The minimum absolute atomic E-state index is 0.175. The summed E-state index contributed by atoms with van der Waals surface area (Å²) in [4.78, 5) is 10.6. The molecule has 0 amide bonds. The summed E-state index contributed by atoms with van der Waals surface area (Å²) in [6, 6.07) is 0. The average molecular weight is 188 g/mol. The Morgan fingerprint density at radius 2 is 2.00 bits per heavy atom. The summed E-state index contributed by atoms with van der Waals surface area (Å²) in [5.41, 5.74) is 0. The van der Waals surface area contributed by atoms with E-state index in [1.54, 1.807) is 6.92 Å². The molecule has 13 heavy (non-hydrogen) atoms. The molecule has 1 unspecified atom stereocenters. The Hall–Kier alpha value is -0.600. The predicted octanol–water partition coefficient (Wildman–Crippen LogP) is 2.63. The van der Waals surface area contributed by atoms with Crippen LogP contribution in [0.5, 0.6) is 0 Å². The van der Waals surface area contributed by atoms with Crippen molar-refractivity contribution in [3.63, 3.8) is 0 Å². The molecular formula is C10H17FO2. The molecule has 1 aliphatic rings. The van der Waals surface area contributed by atoms with Gasteiger partial charge in [-0.2, -0.15) is 0 Å². The van der Waals surface area contributed by atoms with E-state index in [0.717, 1.165) is 25.7 Å². The minimum Gasteiger partial charge on any atom is -0.481 e. The average Bonchev–Trinajstić information content (AvgIpc) is 2.04. The second kappa shape index (κ2) is 4.58. The second-order valence-electron chi connectivity index (χ2n) is 4.07. The Kier molecular flexibility index (Phi) is 3.70. The molecular weight excluding hydrogens is 171 g/mol. The van der Waals surface area contributed by atoms with Crippen molar-refractivity contribution < 1.29 is 14.3 Å². The van der Waals surface area contributed by atoms with Crippen LogP contribution in [-0.2, 0) is 4.79 Å². The molecule has 0 aromatic carbocycles. The van der Waals surface area contributed by atoms with E-state index in [1.165, 1.54) is 0 Å². The largest absolute Gasteiger partial charge is 0.481 e. The van der Waals surface area contributed by atoms with Gasteiger partial charge in [-0.3, -0.25) is 4.79 Å². The van der Waals surface area contributed by atoms with Crippen LogP contribution in [0.2, 0.25) is 0 Å². The molecule has 0 saturated heterocycles. The molecule has 0 bridgehead atoms. The molecule has 0 heterocycles. The number of alkyl halides is 1. The summed E-state index contributed by atoms with van der Waals surface area (Å²) in [5.74, 6) is -0.450. The van der Waals surface area contributed by atoms with E-state index in [2.05, 4.69) is 0 Å². The molecule has 1 aliphatic carbocycles. The molecule has 2 nitrogen and oxygen atoms in total. The van der Waals surface area contributed by atoms with Gasteiger partial charge in [-0.15, -0.1) is 0 Å². The maximum atomic E-state index is 12.6. The van der Waals surface area contributed by atoms with Gasteiger partial charge in [0, 0.05) is 0 Å². The summed E-state index contributed by atoms with van der Waals surface area (Å²) < 4.78 is 12.6. The molecule has 3 heteroatoms. The van der Waals surface area contributed by atoms with Crippen molar-refractivity contribution in [2.24, 2.45) is 11.8 Å². The Morgan fingerprint density at radius 3 is 2.38 bits per heavy atom. The van der Waals surface area contributed by atoms with Crippen LogP contribution in [0.3, 0.4) is 0 Å². The van der Waals surface area contributed by atoms with Gasteiger partial charge in [0.25, 0.3) is 0 Å². The number of aliphatic carboxylic acids is 1. The molecule has 0 spiro atoms. The van der Waals surface area contributed by atoms with Gasteiger partial charge in [0.05, 0.1) is 12.1 Å². The molecule has 76 valence electrons. The Balaban J connectivity index is 2.26. The van der Waals surface area contributed by atoms with Gasteiger partial charge in [-0.05, 0) is 44.9 Å². The summed E-state index contributed by atoms with van der Waals surface area (Å²) in [7, 11) is 0. The molecule has 1 saturated carbocycles. The van der Waals surface area contributed by atoms with Crippen LogP contribution in [0.4, 0.5) is 4.39 Å². The SMILES string of the molecule is CC(F)CC1CCC(C(=O)O)CC1. The third kappa shape index (κ3) is 3.33. The van der Waals surface area contributed by atoms with E-state index in [9.17, 15) is 9.18 Å². The molecule has 1 rings (SSSR count). The number of hydrogen-bond donors (Lipinski definition) is 1. The number of carbonyl (C=O) groups is 1. The van der Waals surface area contributed by atoms with Crippen LogP contribution in [0.25, 0.3) is 0 Å². The monoisotopic (exact) mass is 188 g/mol. The van der Waals surface area contributed by atoms with E-state index in [4.69, 9.17) is 5.11 Å². The zero-order chi connectivity index (χ0) is 9.84. The smallest absolute Gasteiger partial charge is 0.306 e. The van der Waals surface area contributed by atoms with Crippen LogP contribution in [0.1, 0.15) is 39.0 Å². The number of hydrogen-bond acceptors (Lipinski definition) is 1. The fourth-order valence-electron chi connectivity index (χ4n) is 2.10. The maximum absolute atomic E-state index is 12.6. The summed E-state index contributed by atoms with van der Waals surface area (Å²) in [6.07, 6.45) is 3.08. The molecule has 1 N–H and O–H groups in total. The van der Waals surface area contributed by atoms with Crippen LogP contribution in [0.15, 0.2) is 0 Å². The molecule has 0 aliphatic heterocycles. The van der Waals surface area contributed by atoms with Gasteiger partial charge >= 0.3 is 5.97 Å². The Bertz CT molecular complexity index is 172. The van der Waals surface area contributed by atoms with Crippen molar-refractivity contribution in [3.05, 3.63) is 0 Å². The van der Waals surface area contributed by atoms with Crippen molar-refractivity contribution in [1.29, 1.82) is 0 Å². The second-order valence-corrected chi connectivity index (χ2v) is 4.07. The number of carboxylic acids is 1. The standard InChI is InChI=1S/C10H17FO2/c1-7(11)6-8-2-4-9(5-3-8)10(12)13/h7-9H,2-6H2,1H3,(H,12,13). The Labute approximate surface area is 78.1 Å². The first kappa shape index (κ1) is 10.5. The van der Waals surface area contributed by atoms with Crippen LogP contribution in [0, 0.1) is 11.8 Å².